The molecule has 0 unspecified atom stereocenters. The van der Waals surface area contributed by atoms with E-state index >= 15 is 0 Å². The minimum absolute atomic E-state index is 0.0755. The van der Waals surface area contributed by atoms with E-state index in [1.54, 1.807) is 7.11 Å². The van der Waals surface area contributed by atoms with Crippen molar-refractivity contribution in [2.45, 2.75) is 45.3 Å². The van der Waals surface area contributed by atoms with Gasteiger partial charge in [0.05, 0.1) is 12.3 Å². The summed E-state index contributed by atoms with van der Waals surface area (Å²) in [5, 5.41) is 3.95. The van der Waals surface area contributed by atoms with Gasteiger partial charge >= 0.3 is 0 Å². The van der Waals surface area contributed by atoms with Crippen molar-refractivity contribution < 1.29 is 9.53 Å². The van der Waals surface area contributed by atoms with Gasteiger partial charge in [0.1, 0.15) is 9.71 Å². The van der Waals surface area contributed by atoms with Gasteiger partial charge in [-0.05, 0) is 31.4 Å². The van der Waals surface area contributed by atoms with Gasteiger partial charge in [0, 0.05) is 24.2 Å². The van der Waals surface area contributed by atoms with Crippen molar-refractivity contribution in [3.05, 3.63) is 22.2 Å². The minimum atomic E-state index is -0.0755. The zero-order valence-corrected chi connectivity index (χ0v) is 13.8. The summed E-state index contributed by atoms with van der Waals surface area (Å²) in [5.74, 6) is -0.0755. The number of aryl methyl sites for hydroxylation is 1. The van der Waals surface area contributed by atoms with E-state index in [4.69, 9.17) is 10.5 Å². The molecule has 1 aliphatic rings. The van der Waals surface area contributed by atoms with Crippen LogP contribution in [0.2, 0.25) is 0 Å². The molecule has 5 nitrogen and oxygen atoms in total. The second kappa shape index (κ2) is 6.22. The average Bonchev–Trinajstić information content (AvgIpc) is 3.07. The Hall–Kier alpha value is -1.66. The summed E-state index contributed by atoms with van der Waals surface area (Å²) in [6.45, 7) is 2.40. The zero-order chi connectivity index (χ0) is 15.7. The Labute approximate surface area is 133 Å². The number of carbonyl (C=O) groups excluding carboxylic acids is 1. The summed E-state index contributed by atoms with van der Waals surface area (Å²) in [6.07, 6.45) is 4.49. The molecular formula is C16H21N3O2S. The van der Waals surface area contributed by atoms with Crippen LogP contribution in [0.1, 0.15) is 46.6 Å². The molecule has 0 saturated heterocycles. The first-order valence-electron chi connectivity index (χ1n) is 7.58. The van der Waals surface area contributed by atoms with Gasteiger partial charge in [-0.3, -0.25) is 4.79 Å². The van der Waals surface area contributed by atoms with Crippen molar-refractivity contribution in [3.63, 3.8) is 0 Å². The molecule has 22 heavy (non-hydrogen) atoms. The molecule has 1 amide bonds. The fraction of sp³-hybridized carbons (Fsp3) is 0.500. The third-order valence-corrected chi connectivity index (χ3v) is 5.20. The van der Waals surface area contributed by atoms with Gasteiger partial charge in [0.15, 0.2) is 0 Å². The van der Waals surface area contributed by atoms with E-state index in [1.165, 1.54) is 24.2 Å². The number of nitrogens with one attached hydrogen (secondary N) is 1. The van der Waals surface area contributed by atoms with Crippen molar-refractivity contribution in [2.75, 3.05) is 12.8 Å². The van der Waals surface area contributed by atoms with Crippen molar-refractivity contribution in [3.8, 4) is 0 Å². The van der Waals surface area contributed by atoms with E-state index in [0.29, 0.717) is 17.2 Å². The second-order valence-corrected chi connectivity index (χ2v) is 6.83. The molecule has 0 aromatic carbocycles. The number of amides is 1. The van der Waals surface area contributed by atoms with E-state index in [0.717, 1.165) is 34.3 Å². The van der Waals surface area contributed by atoms with Crippen LogP contribution in [-0.4, -0.2) is 24.0 Å². The number of ether oxygens (including phenoxy) is 1. The minimum Gasteiger partial charge on any atom is -0.397 e. The fourth-order valence-corrected chi connectivity index (χ4v) is 4.19. The standard InChI is InChI=1S/C16H21N3O2S/c1-9-7-10(8-21-2)12-13(17)14(22-16(12)18-9)15(20)19-11-5-3-4-6-11/h7,11H,3-6,8,17H2,1-2H3,(H,19,20). The molecule has 2 aromatic rings. The Bertz CT molecular complexity index is 705. The lowest BCUT2D eigenvalue weighted by Gasteiger charge is -2.11. The lowest BCUT2D eigenvalue weighted by Crippen LogP contribution is -2.32. The highest BCUT2D eigenvalue weighted by molar-refractivity contribution is 7.21. The number of aromatic nitrogens is 1. The predicted octanol–water partition coefficient (Wildman–Crippen LogP) is 3.01. The normalized spacial score (nSPS) is 15.5. The number of thiophene rings is 1. The monoisotopic (exact) mass is 319 g/mol. The van der Waals surface area contributed by atoms with Crippen LogP contribution in [-0.2, 0) is 11.3 Å². The second-order valence-electron chi connectivity index (χ2n) is 5.84. The Kier molecular flexibility index (Phi) is 4.31. The molecule has 6 heteroatoms. The van der Waals surface area contributed by atoms with Crippen molar-refractivity contribution >= 4 is 33.1 Å². The number of anilines is 1. The quantitative estimate of drug-likeness (QED) is 0.908. The zero-order valence-electron chi connectivity index (χ0n) is 12.9. The van der Waals surface area contributed by atoms with Gasteiger partial charge in [-0.2, -0.15) is 0 Å². The molecule has 0 aliphatic heterocycles. The van der Waals surface area contributed by atoms with Gasteiger partial charge in [0.25, 0.3) is 5.91 Å². The Morgan fingerprint density at radius 2 is 2.23 bits per heavy atom. The largest absolute Gasteiger partial charge is 0.397 e. The van der Waals surface area contributed by atoms with Crippen molar-refractivity contribution in [1.29, 1.82) is 0 Å². The van der Waals surface area contributed by atoms with Crippen molar-refractivity contribution in [2.24, 2.45) is 0 Å². The van der Waals surface area contributed by atoms with Crippen LogP contribution in [0.4, 0.5) is 5.69 Å². The Morgan fingerprint density at radius 1 is 1.50 bits per heavy atom. The first-order chi connectivity index (χ1) is 10.6. The number of nitrogen functional groups attached to an aromatic ring is 1. The highest BCUT2D eigenvalue weighted by atomic mass is 32.1. The van der Waals surface area contributed by atoms with Gasteiger partial charge in [0.2, 0.25) is 0 Å². The van der Waals surface area contributed by atoms with Crippen LogP contribution in [0.5, 0.6) is 0 Å². The molecule has 0 spiro atoms. The molecule has 1 aliphatic carbocycles. The van der Waals surface area contributed by atoms with Gasteiger partial charge in [-0.1, -0.05) is 12.8 Å². The number of fused-ring (bicyclic) bond motifs is 1. The summed E-state index contributed by atoms with van der Waals surface area (Å²) in [7, 11) is 1.65. The third-order valence-electron chi connectivity index (χ3n) is 4.11. The summed E-state index contributed by atoms with van der Waals surface area (Å²) < 4.78 is 5.24. The maximum atomic E-state index is 12.5. The van der Waals surface area contributed by atoms with Gasteiger partial charge in [-0.15, -0.1) is 11.3 Å². The smallest absolute Gasteiger partial charge is 0.263 e. The molecule has 1 saturated carbocycles. The summed E-state index contributed by atoms with van der Waals surface area (Å²) in [6, 6.07) is 2.25. The summed E-state index contributed by atoms with van der Waals surface area (Å²) in [5.41, 5.74) is 8.66. The fourth-order valence-electron chi connectivity index (χ4n) is 3.10. The number of nitrogens with two attached hydrogens (primary N) is 1. The van der Waals surface area contributed by atoms with E-state index in [1.807, 2.05) is 13.0 Å². The molecule has 0 bridgehead atoms. The van der Waals surface area contributed by atoms with Crippen LogP contribution in [0.15, 0.2) is 6.07 Å². The number of carbonyl (C=O) groups is 1. The van der Waals surface area contributed by atoms with Crippen LogP contribution in [0, 0.1) is 6.92 Å². The van der Waals surface area contributed by atoms with Crippen LogP contribution in [0.25, 0.3) is 10.2 Å². The van der Waals surface area contributed by atoms with E-state index in [9.17, 15) is 4.79 Å². The molecular weight excluding hydrogens is 298 g/mol. The molecule has 1 fully saturated rings. The highest BCUT2D eigenvalue weighted by Crippen LogP contribution is 2.35. The van der Waals surface area contributed by atoms with E-state index in [-0.39, 0.29) is 11.9 Å². The van der Waals surface area contributed by atoms with Crippen LogP contribution >= 0.6 is 11.3 Å². The lowest BCUT2D eigenvalue weighted by molar-refractivity contribution is 0.0943. The summed E-state index contributed by atoms with van der Waals surface area (Å²) >= 11 is 1.37. The maximum Gasteiger partial charge on any atom is 0.263 e. The number of methoxy groups -OCH3 is 1. The molecule has 0 radical (unpaired) electrons. The van der Waals surface area contributed by atoms with Gasteiger partial charge in [-0.25, -0.2) is 4.98 Å². The number of hydrogen-bond donors (Lipinski definition) is 2. The number of pyridine rings is 1. The van der Waals surface area contributed by atoms with E-state index < -0.39 is 0 Å². The maximum absolute atomic E-state index is 12.5. The van der Waals surface area contributed by atoms with E-state index in [2.05, 4.69) is 10.3 Å². The first kappa shape index (κ1) is 15.2. The number of nitrogens with zero attached hydrogens (tertiary/aromatic N) is 1. The molecule has 3 rings (SSSR count). The van der Waals surface area contributed by atoms with Crippen LogP contribution in [0.3, 0.4) is 0 Å². The predicted molar refractivity (Wildman–Crippen MR) is 89.2 cm³/mol. The topological polar surface area (TPSA) is 77.2 Å². The lowest BCUT2D eigenvalue weighted by atomic mass is 10.1. The third kappa shape index (κ3) is 2.80. The highest BCUT2D eigenvalue weighted by Gasteiger charge is 2.23. The SMILES string of the molecule is COCc1cc(C)nc2sc(C(=O)NC3CCCC3)c(N)c12. The molecule has 3 N–H and O–H groups in total. The molecule has 2 aromatic heterocycles. The average molecular weight is 319 g/mol. The first-order valence-corrected chi connectivity index (χ1v) is 8.40. The molecule has 0 atom stereocenters. The number of hydrogen-bond acceptors (Lipinski definition) is 5. The van der Waals surface area contributed by atoms with Crippen LogP contribution < -0.4 is 11.1 Å². The molecule has 118 valence electrons. The Morgan fingerprint density at radius 3 is 2.91 bits per heavy atom. The van der Waals surface area contributed by atoms with Crippen molar-refractivity contribution in [1.82, 2.24) is 10.3 Å². The van der Waals surface area contributed by atoms with Gasteiger partial charge < -0.3 is 15.8 Å². The summed E-state index contributed by atoms with van der Waals surface area (Å²) in [4.78, 5) is 18.4. The Balaban J connectivity index is 1.98. The number of rotatable bonds is 4. The molecule has 2 heterocycles.